The predicted molar refractivity (Wildman–Crippen MR) is 97.0 cm³/mol. The smallest absolute Gasteiger partial charge is 0.257 e. The molecule has 2 aliphatic rings. The average Bonchev–Trinajstić information content (AvgIpc) is 2.60. The van der Waals surface area contributed by atoms with E-state index in [0.717, 1.165) is 25.9 Å². The van der Waals surface area contributed by atoms with Crippen LogP contribution in [-0.4, -0.2) is 67.0 Å². The van der Waals surface area contributed by atoms with Crippen molar-refractivity contribution in [2.24, 2.45) is 5.92 Å². The highest BCUT2D eigenvalue weighted by Crippen LogP contribution is 2.22. The monoisotopic (exact) mass is 366 g/mol. The molecular formula is C17H26N4O3S. The van der Waals surface area contributed by atoms with Crippen molar-refractivity contribution in [2.45, 2.75) is 26.2 Å². The van der Waals surface area contributed by atoms with Gasteiger partial charge in [-0.1, -0.05) is 0 Å². The molecule has 25 heavy (non-hydrogen) atoms. The number of likely N-dealkylation sites (tertiary alicyclic amines) is 1. The minimum Gasteiger partial charge on any atom is -0.369 e. The Morgan fingerprint density at radius 1 is 1.28 bits per heavy atom. The molecule has 0 aliphatic carbocycles. The number of pyridine rings is 1. The average molecular weight is 366 g/mol. The zero-order valence-electron chi connectivity index (χ0n) is 14.6. The normalized spacial score (nSPS) is 19.5. The number of aromatic nitrogens is 1. The van der Waals surface area contributed by atoms with Crippen molar-refractivity contribution in [2.75, 3.05) is 43.8 Å². The molecule has 1 N–H and O–H groups in total. The van der Waals surface area contributed by atoms with Gasteiger partial charge in [-0.05, 0) is 38.3 Å². The maximum atomic E-state index is 12.7. The van der Waals surface area contributed by atoms with Crippen LogP contribution in [0.15, 0.2) is 18.3 Å². The Morgan fingerprint density at radius 3 is 2.68 bits per heavy atom. The van der Waals surface area contributed by atoms with Crippen LogP contribution < -0.4 is 5.32 Å². The highest BCUT2D eigenvalue weighted by Gasteiger charge is 2.34. The molecule has 0 spiro atoms. The van der Waals surface area contributed by atoms with Gasteiger partial charge in [-0.2, -0.15) is 0 Å². The van der Waals surface area contributed by atoms with Crippen LogP contribution in [0.25, 0.3) is 0 Å². The van der Waals surface area contributed by atoms with E-state index in [0.29, 0.717) is 31.0 Å². The first-order valence-corrected chi connectivity index (χ1v) is 10.6. The second-order valence-electron chi connectivity index (χ2n) is 6.72. The Bertz CT molecular complexity index is 710. The zero-order valence-corrected chi connectivity index (χ0v) is 15.5. The summed E-state index contributed by atoms with van der Waals surface area (Å²) in [6.45, 7) is 4.95. The Morgan fingerprint density at radius 2 is 2.00 bits per heavy atom. The van der Waals surface area contributed by atoms with E-state index in [1.807, 2.05) is 4.90 Å². The van der Waals surface area contributed by atoms with Crippen LogP contribution in [0, 0.1) is 5.92 Å². The number of piperidine rings is 1. The van der Waals surface area contributed by atoms with Crippen LogP contribution in [0.5, 0.6) is 0 Å². The predicted octanol–water partition coefficient (Wildman–Crippen LogP) is 1.40. The Hall–Kier alpha value is -1.67. The molecule has 138 valence electrons. The van der Waals surface area contributed by atoms with E-state index in [9.17, 15) is 13.2 Å². The lowest BCUT2D eigenvalue weighted by atomic mass is 10.0. The van der Waals surface area contributed by atoms with Gasteiger partial charge in [0, 0.05) is 44.8 Å². The number of rotatable bonds is 6. The number of hydrogen-bond acceptors (Lipinski definition) is 5. The molecule has 2 aliphatic heterocycles. The van der Waals surface area contributed by atoms with Gasteiger partial charge in [-0.3, -0.25) is 4.79 Å². The summed E-state index contributed by atoms with van der Waals surface area (Å²) in [4.78, 5) is 18.9. The SMILES string of the molecule is CCS(=O)(=O)N1CC(CNc2ncccc2C(=O)N2CCCCC2)C1. The topological polar surface area (TPSA) is 82.6 Å². The number of nitrogens with zero attached hydrogens (tertiary/aromatic N) is 3. The number of sulfonamides is 1. The Balaban J connectivity index is 1.58. The summed E-state index contributed by atoms with van der Waals surface area (Å²) in [5, 5.41) is 3.25. The van der Waals surface area contributed by atoms with E-state index < -0.39 is 10.0 Å². The van der Waals surface area contributed by atoms with Crippen molar-refractivity contribution >= 4 is 21.7 Å². The molecule has 0 radical (unpaired) electrons. The van der Waals surface area contributed by atoms with Crippen LogP contribution in [0.1, 0.15) is 36.5 Å². The minimum absolute atomic E-state index is 0.0269. The summed E-state index contributed by atoms with van der Waals surface area (Å²) in [5.41, 5.74) is 0.599. The van der Waals surface area contributed by atoms with E-state index in [1.165, 1.54) is 10.7 Å². The van der Waals surface area contributed by atoms with Crippen molar-refractivity contribution in [3.05, 3.63) is 23.9 Å². The van der Waals surface area contributed by atoms with Crippen molar-refractivity contribution in [3.63, 3.8) is 0 Å². The zero-order chi connectivity index (χ0) is 17.9. The fourth-order valence-electron chi connectivity index (χ4n) is 3.29. The van der Waals surface area contributed by atoms with Gasteiger partial charge < -0.3 is 10.2 Å². The maximum absolute atomic E-state index is 12.7. The van der Waals surface area contributed by atoms with Crippen LogP contribution in [0.3, 0.4) is 0 Å². The van der Waals surface area contributed by atoms with E-state index in [-0.39, 0.29) is 17.6 Å². The molecule has 0 saturated carbocycles. The van der Waals surface area contributed by atoms with Crippen LogP contribution in [0.4, 0.5) is 5.82 Å². The fraction of sp³-hybridized carbons (Fsp3) is 0.647. The molecule has 0 aromatic carbocycles. The molecule has 2 fully saturated rings. The van der Waals surface area contributed by atoms with Crippen molar-refractivity contribution in [3.8, 4) is 0 Å². The lowest BCUT2D eigenvalue weighted by Crippen LogP contribution is -2.52. The largest absolute Gasteiger partial charge is 0.369 e. The number of carbonyl (C=O) groups is 1. The molecule has 1 amide bonds. The lowest BCUT2D eigenvalue weighted by molar-refractivity contribution is 0.0725. The highest BCUT2D eigenvalue weighted by atomic mass is 32.2. The molecule has 1 aromatic rings. The second kappa shape index (κ2) is 7.70. The molecule has 7 nitrogen and oxygen atoms in total. The number of amides is 1. The first kappa shape index (κ1) is 18.1. The van der Waals surface area contributed by atoms with Crippen LogP contribution in [0.2, 0.25) is 0 Å². The molecule has 2 saturated heterocycles. The number of hydrogen-bond donors (Lipinski definition) is 1. The maximum Gasteiger partial charge on any atom is 0.257 e. The van der Waals surface area contributed by atoms with Crippen molar-refractivity contribution in [1.82, 2.24) is 14.2 Å². The summed E-state index contributed by atoms with van der Waals surface area (Å²) < 4.78 is 25.0. The second-order valence-corrected chi connectivity index (χ2v) is 8.97. The highest BCUT2D eigenvalue weighted by molar-refractivity contribution is 7.89. The van der Waals surface area contributed by atoms with Gasteiger partial charge in [0.25, 0.3) is 5.91 Å². The van der Waals surface area contributed by atoms with Gasteiger partial charge in [-0.25, -0.2) is 17.7 Å². The third-order valence-electron chi connectivity index (χ3n) is 4.92. The Labute approximate surface area is 149 Å². The van der Waals surface area contributed by atoms with Gasteiger partial charge in [-0.15, -0.1) is 0 Å². The molecule has 1 aromatic heterocycles. The van der Waals surface area contributed by atoms with E-state index >= 15 is 0 Å². The van der Waals surface area contributed by atoms with Crippen molar-refractivity contribution in [1.29, 1.82) is 0 Å². The third kappa shape index (κ3) is 4.12. The van der Waals surface area contributed by atoms with E-state index in [2.05, 4.69) is 10.3 Å². The van der Waals surface area contributed by atoms with Crippen LogP contribution >= 0.6 is 0 Å². The minimum atomic E-state index is -3.08. The van der Waals surface area contributed by atoms with Gasteiger partial charge in [0.15, 0.2) is 0 Å². The first-order valence-electron chi connectivity index (χ1n) is 8.97. The quantitative estimate of drug-likeness (QED) is 0.823. The molecular weight excluding hydrogens is 340 g/mol. The van der Waals surface area contributed by atoms with Gasteiger partial charge in [0.1, 0.15) is 5.82 Å². The van der Waals surface area contributed by atoms with Crippen LogP contribution in [-0.2, 0) is 10.0 Å². The summed E-state index contributed by atoms with van der Waals surface area (Å²) in [6, 6.07) is 3.59. The summed E-state index contributed by atoms with van der Waals surface area (Å²) in [5.74, 6) is 1.01. The Kier molecular flexibility index (Phi) is 5.58. The summed E-state index contributed by atoms with van der Waals surface area (Å²) >= 11 is 0. The molecule has 8 heteroatoms. The standard InChI is InChI=1S/C17H26N4O3S/c1-2-25(23,24)21-12-14(13-21)11-19-16-15(7-6-8-18-16)17(22)20-9-4-3-5-10-20/h6-8,14H,2-5,9-13H2,1H3,(H,18,19). The lowest BCUT2D eigenvalue weighted by Gasteiger charge is -2.38. The fourth-order valence-corrected chi connectivity index (χ4v) is 4.53. The van der Waals surface area contributed by atoms with E-state index in [4.69, 9.17) is 0 Å². The number of nitrogens with one attached hydrogen (secondary N) is 1. The molecule has 3 heterocycles. The summed E-state index contributed by atoms with van der Waals surface area (Å²) in [7, 11) is -3.08. The number of anilines is 1. The van der Waals surface area contributed by atoms with E-state index in [1.54, 1.807) is 25.3 Å². The molecule has 0 atom stereocenters. The van der Waals surface area contributed by atoms with Gasteiger partial charge in [0.05, 0.1) is 11.3 Å². The molecule has 0 unspecified atom stereocenters. The third-order valence-corrected chi connectivity index (χ3v) is 6.74. The molecule has 3 rings (SSSR count). The first-order chi connectivity index (χ1) is 12.0. The van der Waals surface area contributed by atoms with Gasteiger partial charge in [0.2, 0.25) is 10.0 Å². The molecule has 0 bridgehead atoms. The van der Waals surface area contributed by atoms with Gasteiger partial charge >= 0.3 is 0 Å². The van der Waals surface area contributed by atoms with Crippen molar-refractivity contribution < 1.29 is 13.2 Å². The number of carbonyl (C=O) groups excluding carboxylic acids is 1. The summed E-state index contributed by atoms with van der Waals surface area (Å²) in [6.07, 6.45) is 4.96.